The first-order chi connectivity index (χ1) is 27.3. The van der Waals surface area contributed by atoms with Crippen molar-refractivity contribution in [3.63, 3.8) is 0 Å². The molecule has 322 valence electrons. The lowest BCUT2D eigenvalue weighted by Gasteiger charge is -2.25. The van der Waals surface area contributed by atoms with Crippen LogP contribution in [0.25, 0.3) is 0 Å². The molecule has 19 heteroatoms. The summed E-state index contributed by atoms with van der Waals surface area (Å²) in [6, 6.07) is 1.64. The topological polar surface area (TPSA) is 278 Å². The van der Waals surface area contributed by atoms with E-state index in [9.17, 15) is 33.6 Å². The SMILES string of the molecule is CCC(=O)CCOCCOCCOCCOCCC(=O)N[C@H](C(=O)N[C@@H](CCCNC(N)=O)C(=O)Nc1ccc(COC(=O)CC)c(C(=O)NCCN)c1)C(C)C. The second-order valence-electron chi connectivity index (χ2n) is 13.0. The molecule has 0 aliphatic rings. The summed E-state index contributed by atoms with van der Waals surface area (Å²) in [5.74, 6) is -2.80. The zero-order valence-electron chi connectivity index (χ0n) is 33.7. The highest BCUT2D eigenvalue weighted by Gasteiger charge is 2.29. The van der Waals surface area contributed by atoms with Gasteiger partial charge in [0.05, 0.1) is 52.9 Å². The summed E-state index contributed by atoms with van der Waals surface area (Å²) >= 11 is 0. The van der Waals surface area contributed by atoms with Crippen molar-refractivity contribution in [2.45, 2.75) is 84.9 Å². The summed E-state index contributed by atoms with van der Waals surface area (Å²) in [4.78, 5) is 87.0. The monoisotopic (exact) mass is 809 g/mol. The molecule has 1 rings (SSSR count). The first kappa shape index (κ1) is 50.3. The molecule has 0 aliphatic carbocycles. The second-order valence-corrected chi connectivity index (χ2v) is 13.0. The van der Waals surface area contributed by atoms with E-state index in [1.165, 1.54) is 18.2 Å². The van der Waals surface area contributed by atoms with Crippen molar-refractivity contribution in [1.29, 1.82) is 0 Å². The third-order valence-electron chi connectivity index (χ3n) is 8.11. The number of esters is 1. The first-order valence-corrected chi connectivity index (χ1v) is 19.4. The molecule has 0 unspecified atom stereocenters. The average molecular weight is 810 g/mol. The van der Waals surface area contributed by atoms with Crippen LogP contribution in [0.2, 0.25) is 0 Å². The largest absolute Gasteiger partial charge is 0.461 e. The van der Waals surface area contributed by atoms with Crippen molar-refractivity contribution >= 4 is 47.1 Å². The number of hydrogen-bond donors (Lipinski definition) is 7. The maximum Gasteiger partial charge on any atom is 0.312 e. The van der Waals surface area contributed by atoms with Gasteiger partial charge in [-0.05, 0) is 30.9 Å². The quantitative estimate of drug-likeness (QED) is 0.0390. The predicted molar refractivity (Wildman–Crippen MR) is 210 cm³/mol. The zero-order chi connectivity index (χ0) is 42.4. The number of ether oxygens (including phenoxy) is 5. The van der Waals surface area contributed by atoms with Crippen molar-refractivity contribution in [3.05, 3.63) is 29.3 Å². The summed E-state index contributed by atoms with van der Waals surface area (Å²) < 4.78 is 26.9. The molecule has 2 atom stereocenters. The Balaban J connectivity index is 2.75. The lowest BCUT2D eigenvalue weighted by atomic mass is 10.0. The van der Waals surface area contributed by atoms with Gasteiger partial charge in [-0.15, -0.1) is 0 Å². The van der Waals surface area contributed by atoms with E-state index in [2.05, 4.69) is 26.6 Å². The molecule has 0 radical (unpaired) electrons. The molecule has 9 N–H and O–H groups in total. The Morgan fingerprint density at radius 3 is 1.91 bits per heavy atom. The zero-order valence-corrected chi connectivity index (χ0v) is 33.7. The van der Waals surface area contributed by atoms with Crippen LogP contribution >= 0.6 is 0 Å². The number of rotatable bonds is 32. The van der Waals surface area contributed by atoms with Crippen LogP contribution < -0.4 is 38.1 Å². The number of primary amides is 1. The van der Waals surface area contributed by atoms with Crippen LogP contribution in [0.3, 0.4) is 0 Å². The number of carbonyl (C=O) groups excluding carboxylic acids is 7. The van der Waals surface area contributed by atoms with E-state index in [1.807, 2.05) is 6.92 Å². The molecule has 0 bridgehead atoms. The van der Waals surface area contributed by atoms with Gasteiger partial charge in [-0.25, -0.2) is 4.79 Å². The van der Waals surface area contributed by atoms with Crippen molar-refractivity contribution in [2.24, 2.45) is 17.4 Å². The van der Waals surface area contributed by atoms with E-state index in [0.29, 0.717) is 51.4 Å². The molecular formula is C38H63N7O12. The third kappa shape index (κ3) is 23.2. The maximum atomic E-state index is 13.6. The van der Waals surface area contributed by atoms with E-state index >= 15 is 0 Å². The lowest BCUT2D eigenvalue weighted by molar-refractivity contribution is -0.144. The van der Waals surface area contributed by atoms with Gasteiger partial charge in [-0.1, -0.05) is 33.8 Å². The Morgan fingerprint density at radius 1 is 0.737 bits per heavy atom. The van der Waals surface area contributed by atoms with Crippen LogP contribution in [-0.2, 0) is 54.3 Å². The minimum absolute atomic E-state index is 0.0268. The van der Waals surface area contributed by atoms with Crippen LogP contribution in [0.4, 0.5) is 10.5 Å². The molecule has 57 heavy (non-hydrogen) atoms. The number of nitrogens with one attached hydrogen (secondary N) is 5. The Bertz CT molecular complexity index is 1410. The summed E-state index contributed by atoms with van der Waals surface area (Å²) in [5, 5.41) is 13.2. The summed E-state index contributed by atoms with van der Waals surface area (Å²) in [6.07, 6.45) is 1.38. The summed E-state index contributed by atoms with van der Waals surface area (Å²) in [5.41, 5.74) is 11.5. The second kappa shape index (κ2) is 30.4. The number of hydrogen-bond acceptors (Lipinski definition) is 13. The minimum atomic E-state index is -1.12. The fourth-order valence-corrected chi connectivity index (χ4v) is 4.88. The predicted octanol–water partition coefficient (Wildman–Crippen LogP) is 0.667. The van der Waals surface area contributed by atoms with Gasteiger partial charge in [0.2, 0.25) is 17.7 Å². The van der Waals surface area contributed by atoms with Gasteiger partial charge in [0.25, 0.3) is 5.91 Å². The number of benzene rings is 1. The molecule has 1 aromatic rings. The molecule has 0 aromatic heterocycles. The summed E-state index contributed by atoms with van der Waals surface area (Å²) in [7, 11) is 0. The van der Waals surface area contributed by atoms with Gasteiger partial charge in [0.1, 0.15) is 24.5 Å². The van der Waals surface area contributed by atoms with E-state index in [1.54, 1.807) is 20.8 Å². The number of Topliss-reactive ketones (excluding diaryl/α,β-unsaturated/α-hetero) is 1. The van der Waals surface area contributed by atoms with Crippen molar-refractivity contribution in [1.82, 2.24) is 21.3 Å². The number of urea groups is 1. The number of amides is 6. The van der Waals surface area contributed by atoms with Crippen LogP contribution in [0.1, 0.15) is 82.1 Å². The van der Waals surface area contributed by atoms with Gasteiger partial charge in [0.15, 0.2) is 0 Å². The molecule has 0 fully saturated rings. The van der Waals surface area contributed by atoms with Gasteiger partial charge < -0.3 is 61.7 Å². The van der Waals surface area contributed by atoms with Crippen molar-refractivity contribution < 1.29 is 57.2 Å². The Kier molecular flexibility index (Phi) is 26.9. The Morgan fingerprint density at radius 2 is 1.35 bits per heavy atom. The van der Waals surface area contributed by atoms with Crippen LogP contribution in [0, 0.1) is 5.92 Å². The Labute approximate surface area is 334 Å². The molecule has 0 saturated carbocycles. The molecular weight excluding hydrogens is 746 g/mol. The molecule has 0 saturated heterocycles. The normalized spacial score (nSPS) is 12.0. The van der Waals surface area contributed by atoms with E-state index < -0.39 is 47.7 Å². The van der Waals surface area contributed by atoms with Crippen molar-refractivity contribution in [2.75, 3.05) is 77.8 Å². The van der Waals surface area contributed by atoms with Gasteiger partial charge in [-0.2, -0.15) is 0 Å². The van der Waals surface area contributed by atoms with E-state index in [0.717, 1.165) is 0 Å². The van der Waals surface area contributed by atoms with Crippen molar-refractivity contribution in [3.8, 4) is 0 Å². The third-order valence-corrected chi connectivity index (χ3v) is 8.11. The van der Waals surface area contributed by atoms with Gasteiger partial charge >= 0.3 is 12.0 Å². The number of carbonyl (C=O) groups is 7. The highest BCUT2D eigenvalue weighted by Crippen LogP contribution is 2.19. The highest BCUT2D eigenvalue weighted by molar-refractivity contribution is 6.01. The van der Waals surface area contributed by atoms with Crippen LogP contribution in [0.15, 0.2) is 18.2 Å². The molecule has 0 aliphatic heterocycles. The van der Waals surface area contributed by atoms with Crippen LogP contribution in [0.5, 0.6) is 0 Å². The minimum Gasteiger partial charge on any atom is -0.461 e. The smallest absolute Gasteiger partial charge is 0.312 e. The molecule has 19 nitrogen and oxygen atoms in total. The molecule has 6 amide bonds. The fraction of sp³-hybridized carbons (Fsp3) is 0.658. The standard InChI is InChI=1S/C38H63N7O12/c1-5-29(46)11-16-53-18-20-55-22-23-56-21-19-54-17-12-32(47)45-34(26(3)4)37(51)44-31(8-7-14-42-38(40)52)36(50)43-28-10-9-27(25-57-33(48)6-2)30(24-28)35(49)41-15-13-39/h9-10,24,26,31,34H,5-8,11-23,25,39H2,1-4H3,(H,41,49)(H,43,50)(H,44,51)(H,45,47)(H3,40,42,52)/t31-,34-/m0/s1. The van der Waals surface area contributed by atoms with E-state index in [-0.39, 0.29) is 94.7 Å². The highest BCUT2D eigenvalue weighted by atomic mass is 16.6. The Hall–Kier alpha value is -4.69. The lowest BCUT2D eigenvalue weighted by Crippen LogP contribution is -2.54. The van der Waals surface area contributed by atoms with Crippen LogP contribution in [-0.4, -0.2) is 126 Å². The first-order valence-electron chi connectivity index (χ1n) is 19.4. The summed E-state index contributed by atoms with van der Waals surface area (Å²) in [6.45, 7) is 9.78. The number of anilines is 1. The molecule has 0 heterocycles. The van der Waals surface area contributed by atoms with Gasteiger partial charge in [0, 0.05) is 62.1 Å². The molecule has 0 spiro atoms. The van der Waals surface area contributed by atoms with E-state index in [4.69, 9.17) is 35.2 Å². The maximum absolute atomic E-state index is 13.6. The fourth-order valence-electron chi connectivity index (χ4n) is 4.88. The number of nitrogens with two attached hydrogens (primary N) is 2. The molecule has 1 aromatic carbocycles. The number of ketones is 1. The van der Waals surface area contributed by atoms with Gasteiger partial charge in [-0.3, -0.25) is 28.8 Å². The average Bonchev–Trinajstić information content (AvgIpc) is 3.18.